The first-order chi connectivity index (χ1) is 9.01. The molecule has 1 saturated carbocycles. The van der Waals surface area contributed by atoms with Crippen LogP contribution in [0.25, 0.3) is 0 Å². The quantitative estimate of drug-likeness (QED) is 0.923. The Morgan fingerprint density at radius 3 is 2.37 bits per heavy atom. The second-order valence-electron chi connectivity index (χ2n) is 5.26. The molecule has 0 radical (unpaired) electrons. The van der Waals surface area contributed by atoms with Gasteiger partial charge in [0.2, 0.25) is 10.0 Å². The SMILES string of the molecule is CN(C)S(=O)(=O)c1ccccc1NC1CCCCC1. The molecule has 0 spiro atoms. The van der Waals surface area contributed by atoms with Crippen molar-refractivity contribution in [2.45, 2.75) is 43.0 Å². The minimum atomic E-state index is -3.39. The molecule has 5 heteroatoms. The van der Waals surface area contributed by atoms with Gasteiger partial charge in [-0.05, 0) is 25.0 Å². The van der Waals surface area contributed by atoms with Gasteiger partial charge in [-0.1, -0.05) is 31.4 Å². The fourth-order valence-electron chi connectivity index (χ4n) is 2.47. The number of benzene rings is 1. The minimum absolute atomic E-state index is 0.366. The third kappa shape index (κ3) is 3.28. The van der Waals surface area contributed by atoms with Gasteiger partial charge in [-0.25, -0.2) is 12.7 Å². The summed E-state index contributed by atoms with van der Waals surface area (Å²) in [6.45, 7) is 0. The number of anilines is 1. The van der Waals surface area contributed by atoms with Gasteiger partial charge in [0.15, 0.2) is 0 Å². The summed E-state index contributed by atoms with van der Waals surface area (Å²) in [7, 11) is -0.263. The van der Waals surface area contributed by atoms with Crippen molar-refractivity contribution in [1.29, 1.82) is 0 Å². The summed E-state index contributed by atoms with van der Waals surface area (Å²) in [6.07, 6.45) is 5.98. The molecule has 106 valence electrons. The molecule has 0 saturated heterocycles. The molecule has 1 aliphatic carbocycles. The first kappa shape index (κ1) is 14.3. The molecule has 0 heterocycles. The van der Waals surface area contributed by atoms with E-state index in [0.29, 0.717) is 10.9 Å². The standard InChI is InChI=1S/C14H22N2O2S/c1-16(2)19(17,18)14-11-7-6-10-13(14)15-12-8-4-3-5-9-12/h6-7,10-12,15H,3-5,8-9H2,1-2H3. The molecular formula is C14H22N2O2S. The van der Waals surface area contributed by atoms with Gasteiger partial charge < -0.3 is 5.32 Å². The lowest BCUT2D eigenvalue weighted by molar-refractivity contribution is 0.462. The van der Waals surface area contributed by atoms with Crippen molar-refractivity contribution in [3.63, 3.8) is 0 Å². The number of hydrogen-bond donors (Lipinski definition) is 1. The third-order valence-electron chi connectivity index (χ3n) is 3.61. The Bertz CT molecular complexity index is 520. The number of hydrogen-bond acceptors (Lipinski definition) is 3. The number of nitrogens with zero attached hydrogens (tertiary/aromatic N) is 1. The molecular weight excluding hydrogens is 260 g/mol. The lowest BCUT2D eigenvalue weighted by Gasteiger charge is -2.25. The zero-order valence-corrected chi connectivity index (χ0v) is 12.4. The van der Waals surface area contributed by atoms with Crippen LogP contribution in [-0.4, -0.2) is 32.9 Å². The van der Waals surface area contributed by atoms with E-state index in [4.69, 9.17) is 0 Å². The maximum Gasteiger partial charge on any atom is 0.244 e. The summed E-state index contributed by atoms with van der Waals surface area (Å²) in [5, 5.41) is 3.40. The fourth-order valence-corrected chi connectivity index (χ4v) is 3.52. The van der Waals surface area contributed by atoms with Crippen LogP contribution >= 0.6 is 0 Å². The second-order valence-corrected chi connectivity index (χ2v) is 7.38. The van der Waals surface area contributed by atoms with Crippen molar-refractivity contribution < 1.29 is 8.42 Å². The average molecular weight is 282 g/mol. The van der Waals surface area contributed by atoms with E-state index in [-0.39, 0.29) is 0 Å². The minimum Gasteiger partial charge on any atom is -0.381 e. The van der Waals surface area contributed by atoms with Crippen LogP contribution in [0.4, 0.5) is 5.69 Å². The van der Waals surface area contributed by atoms with E-state index in [1.165, 1.54) is 23.6 Å². The highest BCUT2D eigenvalue weighted by Crippen LogP contribution is 2.27. The van der Waals surface area contributed by atoms with Gasteiger partial charge in [0.1, 0.15) is 4.90 Å². The Morgan fingerprint density at radius 2 is 1.74 bits per heavy atom. The predicted octanol–water partition coefficient (Wildman–Crippen LogP) is 2.68. The van der Waals surface area contributed by atoms with Crippen LogP contribution in [0.3, 0.4) is 0 Å². The summed E-state index contributed by atoms with van der Waals surface area (Å²) in [5.74, 6) is 0. The normalized spacial score (nSPS) is 17.6. The average Bonchev–Trinajstić information content (AvgIpc) is 2.40. The molecule has 0 unspecified atom stereocenters. The Kier molecular flexibility index (Phi) is 4.47. The molecule has 0 bridgehead atoms. The van der Waals surface area contributed by atoms with Crippen molar-refractivity contribution in [2.24, 2.45) is 0 Å². The Hall–Kier alpha value is -1.07. The van der Waals surface area contributed by atoms with E-state index < -0.39 is 10.0 Å². The van der Waals surface area contributed by atoms with E-state index in [1.54, 1.807) is 26.2 Å². The second kappa shape index (κ2) is 5.92. The Balaban J connectivity index is 2.26. The van der Waals surface area contributed by atoms with Crippen molar-refractivity contribution in [3.05, 3.63) is 24.3 Å². The molecule has 0 atom stereocenters. The summed E-state index contributed by atoms with van der Waals surface area (Å²) >= 11 is 0. The lowest BCUT2D eigenvalue weighted by atomic mass is 9.95. The first-order valence-corrected chi connectivity index (χ1v) is 8.24. The van der Waals surface area contributed by atoms with Crippen molar-refractivity contribution in [3.8, 4) is 0 Å². The molecule has 1 aliphatic rings. The molecule has 1 N–H and O–H groups in total. The number of para-hydroxylation sites is 1. The number of nitrogens with one attached hydrogen (secondary N) is 1. The largest absolute Gasteiger partial charge is 0.381 e. The lowest BCUT2D eigenvalue weighted by Crippen LogP contribution is -2.26. The molecule has 4 nitrogen and oxygen atoms in total. The van der Waals surface area contributed by atoms with E-state index in [9.17, 15) is 8.42 Å². The van der Waals surface area contributed by atoms with Crippen LogP contribution in [-0.2, 0) is 10.0 Å². The summed E-state index contributed by atoms with van der Waals surface area (Å²) in [5.41, 5.74) is 0.725. The third-order valence-corrected chi connectivity index (χ3v) is 5.48. The van der Waals surface area contributed by atoms with Crippen LogP contribution in [0.5, 0.6) is 0 Å². The summed E-state index contributed by atoms with van der Waals surface area (Å²) in [4.78, 5) is 0.366. The molecule has 1 aromatic carbocycles. The number of sulfonamides is 1. The number of rotatable bonds is 4. The van der Waals surface area contributed by atoms with Gasteiger partial charge in [0.25, 0.3) is 0 Å². The molecule has 19 heavy (non-hydrogen) atoms. The maximum absolute atomic E-state index is 12.3. The van der Waals surface area contributed by atoms with Gasteiger partial charge in [-0.2, -0.15) is 0 Å². The smallest absolute Gasteiger partial charge is 0.244 e. The Morgan fingerprint density at radius 1 is 1.11 bits per heavy atom. The van der Waals surface area contributed by atoms with Crippen LogP contribution in [0.1, 0.15) is 32.1 Å². The van der Waals surface area contributed by atoms with Crippen molar-refractivity contribution in [1.82, 2.24) is 4.31 Å². The predicted molar refractivity (Wildman–Crippen MR) is 77.8 cm³/mol. The van der Waals surface area contributed by atoms with Crippen molar-refractivity contribution in [2.75, 3.05) is 19.4 Å². The molecule has 0 aliphatic heterocycles. The van der Waals surface area contributed by atoms with Gasteiger partial charge in [0, 0.05) is 20.1 Å². The van der Waals surface area contributed by atoms with E-state index in [2.05, 4.69) is 5.32 Å². The monoisotopic (exact) mass is 282 g/mol. The van der Waals surface area contributed by atoms with Crippen LogP contribution < -0.4 is 5.32 Å². The summed E-state index contributed by atoms with van der Waals surface area (Å²) < 4.78 is 25.8. The van der Waals surface area contributed by atoms with E-state index in [0.717, 1.165) is 18.5 Å². The first-order valence-electron chi connectivity index (χ1n) is 6.80. The van der Waals surface area contributed by atoms with Crippen LogP contribution in [0.15, 0.2) is 29.2 Å². The molecule has 1 aromatic rings. The molecule has 0 aromatic heterocycles. The molecule has 2 rings (SSSR count). The van der Waals surface area contributed by atoms with E-state index >= 15 is 0 Å². The van der Waals surface area contributed by atoms with Gasteiger partial charge >= 0.3 is 0 Å². The van der Waals surface area contributed by atoms with Gasteiger partial charge in [-0.15, -0.1) is 0 Å². The highest BCUT2D eigenvalue weighted by molar-refractivity contribution is 7.89. The van der Waals surface area contributed by atoms with Crippen molar-refractivity contribution >= 4 is 15.7 Å². The van der Waals surface area contributed by atoms with Gasteiger partial charge in [0.05, 0.1) is 5.69 Å². The summed E-state index contributed by atoms with van der Waals surface area (Å²) in [6, 6.07) is 7.56. The van der Waals surface area contributed by atoms with Crippen LogP contribution in [0.2, 0.25) is 0 Å². The highest BCUT2D eigenvalue weighted by atomic mass is 32.2. The van der Waals surface area contributed by atoms with Crippen LogP contribution in [0, 0.1) is 0 Å². The molecule has 1 fully saturated rings. The zero-order valence-electron chi connectivity index (χ0n) is 11.6. The van der Waals surface area contributed by atoms with Gasteiger partial charge in [-0.3, -0.25) is 0 Å². The topological polar surface area (TPSA) is 49.4 Å². The van der Waals surface area contributed by atoms with E-state index in [1.807, 2.05) is 12.1 Å². The Labute approximate surface area is 115 Å². The fraction of sp³-hybridized carbons (Fsp3) is 0.571. The highest BCUT2D eigenvalue weighted by Gasteiger charge is 2.22. The zero-order chi connectivity index (χ0) is 13.9. The molecule has 0 amide bonds. The maximum atomic E-state index is 12.3.